The monoisotopic (exact) mass is 353 g/mol. The van der Waals surface area contributed by atoms with E-state index in [-0.39, 0.29) is 17.4 Å². The van der Waals surface area contributed by atoms with Gasteiger partial charge in [-0.3, -0.25) is 5.10 Å². The predicted octanol–water partition coefficient (Wildman–Crippen LogP) is 3.87. The minimum absolute atomic E-state index is 0.0163. The van der Waals surface area contributed by atoms with E-state index in [2.05, 4.69) is 22.4 Å². The quantitative estimate of drug-likeness (QED) is 0.876. The number of rotatable bonds is 4. The lowest BCUT2D eigenvalue weighted by molar-refractivity contribution is 0.122. The molecule has 138 valence electrons. The summed E-state index contributed by atoms with van der Waals surface area (Å²) in [5.74, 6) is 2.08. The Hall–Kier alpha value is -2.37. The highest BCUT2D eigenvalue weighted by Crippen LogP contribution is 2.55. The van der Waals surface area contributed by atoms with Gasteiger partial charge in [0, 0.05) is 31.1 Å². The fourth-order valence-corrected chi connectivity index (χ4v) is 4.34. The van der Waals surface area contributed by atoms with Crippen molar-refractivity contribution in [2.45, 2.75) is 51.9 Å². The number of urea groups is 1. The van der Waals surface area contributed by atoms with E-state index in [4.69, 9.17) is 4.98 Å². The van der Waals surface area contributed by atoms with Gasteiger partial charge < -0.3 is 10.2 Å². The summed E-state index contributed by atoms with van der Waals surface area (Å²) in [7, 11) is 0. The van der Waals surface area contributed by atoms with Crippen molar-refractivity contribution in [3.05, 3.63) is 41.5 Å². The Morgan fingerprint density at radius 2 is 2.19 bits per heavy atom. The molecule has 2 amide bonds. The van der Waals surface area contributed by atoms with E-state index in [1.165, 1.54) is 6.42 Å². The van der Waals surface area contributed by atoms with Gasteiger partial charge in [-0.1, -0.05) is 31.5 Å². The summed E-state index contributed by atoms with van der Waals surface area (Å²) in [6.07, 6.45) is 5.52. The summed E-state index contributed by atoms with van der Waals surface area (Å²) in [6.45, 7) is 5.65. The molecule has 6 nitrogen and oxygen atoms in total. The number of H-pyrrole nitrogens is 1. The Bertz CT molecular complexity index is 795. The van der Waals surface area contributed by atoms with Crippen LogP contribution in [-0.2, 0) is 6.42 Å². The zero-order valence-electron chi connectivity index (χ0n) is 15.6. The molecule has 1 aromatic carbocycles. The van der Waals surface area contributed by atoms with Crippen molar-refractivity contribution in [3.8, 4) is 0 Å². The number of benzene rings is 1. The molecule has 2 aromatic rings. The molecule has 2 aliphatic rings. The molecule has 1 saturated carbocycles. The zero-order valence-corrected chi connectivity index (χ0v) is 15.6. The number of hydrogen-bond donors (Lipinski definition) is 2. The highest BCUT2D eigenvalue weighted by Gasteiger charge is 2.53. The number of para-hydroxylation sites is 1. The first-order valence-corrected chi connectivity index (χ1v) is 9.64. The Morgan fingerprint density at radius 3 is 2.88 bits per heavy atom. The van der Waals surface area contributed by atoms with Crippen LogP contribution in [0.2, 0.25) is 0 Å². The summed E-state index contributed by atoms with van der Waals surface area (Å²) in [5.41, 5.74) is 2.12. The molecule has 0 radical (unpaired) electrons. The smallest absolute Gasteiger partial charge is 0.321 e. The van der Waals surface area contributed by atoms with E-state index in [1.807, 2.05) is 36.1 Å². The van der Waals surface area contributed by atoms with E-state index in [0.717, 1.165) is 55.1 Å². The van der Waals surface area contributed by atoms with Crippen molar-refractivity contribution in [2.24, 2.45) is 5.41 Å². The molecular formula is C20H27N5O. The molecule has 1 aliphatic heterocycles. The van der Waals surface area contributed by atoms with Crippen LogP contribution in [0, 0.1) is 12.3 Å². The molecule has 1 saturated heterocycles. The Kier molecular flexibility index (Phi) is 4.42. The zero-order chi connectivity index (χ0) is 18.1. The van der Waals surface area contributed by atoms with Crippen LogP contribution in [0.15, 0.2) is 24.3 Å². The van der Waals surface area contributed by atoms with Gasteiger partial charge in [-0.2, -0.15) is 5.10 Å². The maximum atomic E-state index is 12.8. The average Bonchev–Trinajstić information content (AvgIpc) is 3.21. The number of likely N-dealkylation sites (tertiary alicyclic amines) is 1. The molecule has 1 aliphatic carbocycles. The molecule has 4 rings (SSSR count). The average molecular weight is 353 g/mol. The van der Waals surface area contributed by atoms with E-state index in [1.54, 1.807) is 0 Å². The number of nitrogens with one attached hydrogen (secondary N) is 2. The summed E-state index contributed by atoms with van der Waals surface area (Å²) in [6, 6.07) is 7.88. The number of nitrogens with zero attached hydrogens (tertiary/aromatic N) is 3. The Morgan fingerprint density at radius 1 is 1.38 bits per heavy atom. The largest absolute Gasteiger partial charge is 0.323 e. The van der Waals surface area contributed by atoms with Crippen molar-refractivity contribution >= 4 is 11.7 Å². The van der Waals surface area contributed by atoms with Crippen LogP contribution in [0.5, 0.6) is 0 Å². The van der Waals surface area contributed by atoms with Crippen molar-refractivity contribution in [1.82, 2.24) is 20.1 Å². The summed E-state index contributed by atoms with van der Waals surface area (Å²) >= 11 is 0. The molecule has 1 aromatic heterocycles. The van der Waals surface area contributed by atoms with Crippen LogP contribution < -0.4 is 5.32 Å². The minimum atomic E-state index is -0.0163. The summed E-state index contributed by atoms with van der Waals surface area (Å²) < 4.78 is 0. The number of aromatic amines is 1. The van der Waals surface area contributed by atoms with Crippen LogP contribution in [0.1, 0.15) is 55.7 Å². The third-order valence-electron chi connectivity index (χ3n) is 6.02. The van der Waals surface area contributed by atoms with E-state index in [0.29, 0.717) is 6.54 Å². The number of aryl methyl sites for hydroxylation is 2. The fourth-order valence-electron chi connectivity index (χ4n) is 4.34. The predicted molar refractivity (Wildman–Crippen MR) is 101 cm³/mol. The highest BCUT2D eigenvalue weighted by molar-refractivity contribution is 5.90. The van der Waals surface area contributed by atoms with Crippen LogP contribution in [0.25, 0.3) is 0 Å². The van der Waals surface area contributed by atoms with Crippen molar-refractivity contribution in [2.75, 3.05) is 18.4 Å². The summed E-state index contributed by atoms with van der Waals surface area (Å²) in [4.78, 5) is 19.5. The molecule has 0 bridgehead atoms. The third kappa shape index (κ3) is 2.97. The van der Waals surface area contributed by atoms with Crippen molar-refractivity contribution in [3.63, 3.8) is 0 Å². The fraction of sp³-hybridized carbons (Fsp3) is 0.550. The molecule has 6 heteroatoms. The van der Waals surface area contributed by atoms with E-state index in [9.17, 15) is 4.79 Å². The third-order valence-corrected chi connectivity index (χ3v) is 6.02. The van der Waals surface area contributed by atoms with Crippen LogP contribution in [0.3, 0.4) is 0 Å². The number of anilines is 1. The van der Waals surface area contributed by atoms with Gasteiger partial charge in [0.1, 0.15) is 5.82 Å². The molecule has 26 heavy (non-hydrogen) atoms. The van der Waals surface area contributed by atoms with Gasteiger partial charge in [-0.05, 0) is 43.2 Å². The van der Waals surface area contributed by atoms with Gasteiger partial charge >= 0.3 is 6.03 Å². The number of carbonyl (C=O) groups excluding carboxylic acids is 1. The van der Waals surface area contributed by atoms with Gasteiger partial charge in [0.2, 0.25) is 0 Å². The highest BCUT2D eigenvalue weighted by atomic mass is 16.2. The van der Waals surface area contributed by atoms with Gasteiger partial charge in [0.15, 0.2) is 5.82 Å². The normalized spacial score (nSPS) is 21.0. The van der Waals surface area contributed by atoms with Crippen LogP contribution in [-0.4, -0.2) is 39.2 Å². The maximum Gasteiger partial charge on any atom is 0.321 e. The van der Waals surface area contributed by atoms with Gasteiger partial charge in [0.05, 0.1) is 0 Å². The molecule has 2 heterocycles. The minimum Gasteiger partial charge on any atom is -0.323 e. The lowest BCUT2D eigenvalue weighted by Gasteiger charge is -2.41. The second-order valence-electron chi connectivity index (χ2n) is 7.78. The lowest BCUT2D eigenvalue weighted by atomic mass is 9.62. The standard InChI is InChI=1S/C20H27N5O/c1-3-7-17-22-18(24-23-17)15-12-25(13-20(15)10-6-11-20)19(26)21-16-9-5-4-8-14(16)2/h4-5,8-9,15H,3,6-7,10-13H2,1-2H3,(H,21,26)(H,22,23,24). The number of amides is 2. The maximum absolute atomic E-state index is 12.8. The second-order valence-corrected chi connectivity index (χ2v) is 7.78. The molecule has 2 N–H and O–H groups in total. The Labute approximate surface area is 154 Å². The Balaban J connectivity index is 1.51. The molecule has 1 atom stereocenters. The first kappa shape index (κ1) is 17.1. The molecule has 1 unspecified atom stereocenters. The van der Waals surface area contributed by atoms with Gasteiger partial charge in [-0.25, -0.2) is 9.78 Å². The van der Waals surface area contributed by atoms with Gasteiger partial charge in [0.25, 0.3) is 0 Å². The molecular weight excluding hydrogens is 326 g/mol. The van der Waals surface area contributed by atoms with Crippen molar-refractivity contribution in [1.29, 1.82) is 0 Å². The SMILES string of the molecule is CCCc1nc(C2CN(C(=O)Nc3ccccc3C)CC23CCC3)n[nH]1. The number of aromatic nitrogens is 3. The summed E-state index contributed by atoms with van der Waals surface area (Å²) in [5, 5.41) is 10.6. The topological polar surface area (TPSA) is 73.9 Å². The van der Waals surface area contributed by atoms with Crippen LogP contribution in [0.4, 0.5) is 10.5 Å². The lowest BCUT2D eigenvalue weighted by Crippen LogP contribution is -2.39. The number of carbonyl (C=O) groups is 1. The second kappa shape index (κ2) is 6.74. The van der Waals surface area contributed by atoms with Crippen LogP contribution >= 0.6 is 0 Å². The number of hydrogen-bond acceptors (Lipinski definition) is 3. The first-order chi connectivity index (χ1) is 12.6. The van der Waals surface area contributed by atoms with Crippen molar-refractivity contribution < 1.29 is 4.79 Å². The first-order valence-electron chi connectivity index (χ1n) is 9.64. The van der Waals surface area contributed by atoms with E-state index >= 15 is 0 Å². The molecule has 2 fully saturated rings. The van der Waals surface area contributed by atoms with E-state index < -0.39 is 0 Å². The van der Waals surface area contributed by atoms with Gasteiger partial charge in [-0.15, -0.1) is 0 Å². The molecule has 1 spiro atoms.